The molecule has 7 rings (SSSR count). The van der Waals surface area contributed by atoms with Crippen LogP contribution in [0.15, 0.2) is 131 Å². The van der Waals surface area contributed by atoms with E-state index in [0.29, 0.717) is 29.2 Å². The van der Waals surface area contributed by atoms with Gasteiger partial charge in [-0.25, -0.2) is 0 Å². The number of hydrogen-bond acceptors (Lipinski definition) is 12. The average molecular weight is 748 g/mol. The number of phenolic OH excluding ortho intramolecular Hbond substituents is 1. The Morgan fingerprint density at radius 1 is 0.745 bits per heavy atom. The molecule has 5 N–H and O–H groups in total. The van der Waals surface area contributed by atoms with Crippen LogP contribution >= 0.6 is 0 Å². The van der Waals surface area contributed by atoms with Gasteiger partial charge in [-0.3, -0.25) is 9.59 Å². The molecule has 5 atom stereocenters. The molecule has 6 aromatic rings. The van der Waals surface area contributed by atoms with Crippen LogP contribution in [0.25, 0.3) is 22.3 Å². The molecule has 13 heteroatoms. The number of aromatic hydroxyl groups is 1. The standard InChI is InChI=1S/C42H37NO12/c1-50-30-15-9-8-14-28(30)43-41(49)40-37(47)36(46)38(48)42(55-40)54-33-21-32-34(35(45)39(33)52-23-25-12-6-3-7-13-25)29(44)20-31(53-32)26-16-18-27(19-17-26)51-22-24-10-4-2-5-11-24/h2-21,36-38,40,42,45-48H,22-23H2,1H3,(H,43,49). The second kappa shape index (κ2) is 16.3. The highest BCUT2D eigenvalue weighted by Gasteiger charge is 2.48. The van der Waals surface area contributed by atoms with Crippen LogP contribution in [0.4, 0.5) is 5.69 Å². The molecule has 1 saturated heterocycles. The van der Waals surface area contributed by atoms with Crippen molar-refractivity contribution in [3.05, 3.63) is 143 Å². The van der Waals surface area contributed by atoms with Crippen LogP contribution in [0.5, 0.6) is 28.7 Å². The summed E-state index contributed by atoms with van der Waals surface area (Å²) in [6, 6.07) is 34.6. The van der Waals surface area contributed by atoms with Gasteiger partial charge < -0.3 is 53.8 Å². The molecule has 0 aliphatic carbocycles. The second-order valence-electron chi connectivity index (χ2n) is 12.7. The number of nitrogens with one attached hydrogen (secondary N) is 1. The van der Waals surface area contributed by atoms with Crippen molar-refractivity contribution < 1.29 is 53.3 Å². The van der Waals surface area contributed by atoms with Crippen LogP contribution in [0.3, 0.4) is 0 Å². The maximum Gasteiger partial charge on any atom is 0.256 e. The van der Waals surface area contributed by atoms with E-state index in [9.17, 15) is 30.0 Å². The number of para-hydroxylation sites is 2. The van der Waals surface area contributed by atoms with Gasteiger partial charge in [0.15, 0.2) is 23.0 Å². The summed E-state index contributed by atoms with van der Waals surface area (Å²) in [4.78, 5) is 26.9. The molecule has 0 radical (unpaired) electrons. The minimum Gasteiger partial charge on any atom is -0.504 e. The lowest BCUT2D eigenvalue weighted by Gasteiger charge is -2.39. The quantitative estimate of drug-likeness (QED) is 0.111. The summed E-state index contributed by atoms with van der Waals surface area (Å²) in [6.45, 7) is 0.294. The van der Waals surface area contributed by atoms with Crippen LogP contribution in [-0.2, 0) is 22.7 Å². The lowest BCUT2D eigenvalue weighted by molar-refractivity contribution is -0.265. The van der Waals surface area contributed by atoms with Crippen LogP contribution in [-0.4, -0.2) is 64.1 Å². The number of fused-ring (bicyclic) bond motifs is 1. The molecule has 1 amide bonds. The second-order valence-corrected chi connectivity index (χ2v) is 12.7. The van der Waals surface area contributed by atoms with Gasteiger partial charge in [0, 0.05) is 17.7 Å². The number of carbonyl (C=O) groups excluding carboxylic acids is 1. The molecule has 0 bridgehead atoms. The van der Waals surface area contributed by atoms with Crippen molar-refractivity contribution in [3.8, 4) is 40.1 Å². The first kappa shape index (κ1) is 37.0. The highest BCUT2D eigenvalue weighted by atomic mass is 16.7. The van der Waals surface area contributed by atoms with E-state index in [-0.39, 0.29) is 40.5 Å². The predicted octanol–water partition coefficient (Wildman–Crippen LogP) is 5.16. The SMILES string of the molecule is COc1ccccc1NC(=O)C1OC(Oc2cc3oc(-c4ccc(OCc5ccccc5)cc4)cc(=O)c3c(O)c2OCc2ccccc2)C(O)C(O)C1O. The largest absolute Gasteiger partial charge is 0.504 e. The zero-order valence-corrected chi connectivity index (χ0v) is 29.4. The van der Waals surface area contributed by atoms with Gasteiger partial charge in [-0.15, -0.1) is 0 Å². The summed E-state index contributed by atoms with van der Waals surface area (Å²) >= 11 is 0. The Kier molecular flexibility index (Phi) is 11.0. The number of rotatable bonds is 12. The fourth-order valence-electron chi connectivity index (χ4n) is 6.06. The Labute approximate surface area is 314 Å². The highest BCUT2D eigenvalue weighted by molar-refractivity contribution is 5.96. The third-order valence-corrected chi connectivity index (χ3v) is 8.96. The van der Waals surface area contributed by atoms with Crippen molar-refractivity contribution in [1.82, 2.24) is 0 Å². The van der Waals surface area contributed by atoms with E-state index < -0.39 is 47.8 Å². The van der Waals surface area contributed by atoms with Gasteiger partial charge in [0.05, 0.1) is 12.8 Å². The zero-order valence-electron chi connectivity index (χ0n) is 29.4. The number of ether oxygens (including phenoxy) is 5. The number of methoxy groups -OCH3 is 1. The summed E-state index contributed by atoms with van der Waals surface area (Å²) in [6.07, 6.45) is -9.18. The smallest absolute Gasteiger partial charge is 0.256 e. The van der Waals surface area contributed by atoms with Crippen LogP contribution in [0, 0.1) is 0 Å². The van der Waals surface area contributed by atoms with Gasteiger partial charge in [0.2, 0.25) is 12.0 Å². The molecule has 5 unspecified atom stereocenters. The lowest BCUT2D eigenvalue weighted by atomic mass is 9.98. The molecule has 5 aromatic carbocycles. The third kappa shape index (κ3) is 8.10. The number of phenols is 1. The van der Waals surface area contributed by atoms with Crippen LogP contribution < -0.4 is 29.7 Å². The van der Waals surface area contributed by atoms with Crippen molar-refractivity contribution in [2.75, 3.05) is 12.4 Å². The molecule has 13 nitrogen and oxygen atoms in total. The number of aliphatic hydroxyl groups excluding tert-OH is 3. The van der Waals surface area contributed by atoms with Gasteiger partial charge in [-0.2, -0.15) is 0 Å². The van der Waals surface area contributed by atoms with Crippen LogP contribution in [0.2, 0.25) is 0 Å². The van der Waals surface area contributed by atoms with Crippen molar-refractivity contribution in [1.29, 1.82) is 0 Å². The molecule has 1 aliphatic heterocycles. The maximum atomic E-state index is 13.6. The van der Waals surface area contributed by atoms with Crippen molar-refractivity contribution >= 4 is 22.6 Å². The zero-order chi connectivity index (χ0) is 38.5. The Balaban J connectivity index is 1.20. The molecular weight excluding hydrogens is 710 g/mol. The highest BCUT2D eigenvalue weighted by Crippen LogP contribution is 2.44. The van der Waals surface area contributed by atoms with Gasteiger partial charge in [-0.05, 0) is 47.5 Å². The van der Waals surface area contributed by atoms with Crippen molar-refractivity contribution in [2.24, 2.45) is 0 Å². The van der Waals surface area contributed by atoms with E-state index in [4.69, 9.17) is 28.1 Å². The minimum absolute atomic E-state index is 0.0717. The van der Waals surface area contributed by atoms with E-state index in [0.717, 1.165) is 5.56 Å². The number of aliphatic hydroxyl groups is 3. The topological polar surface area (TPSA) is 186 Å². The maximum absolute atomic E-state index is 13.6. The summed E-state index contributed by atoms with van der Waals surface area (Å²) in [7, 11) is 1.42. The van der Waals surface area contributed by atoms with Gasteiger partial charge in [0.25, 0.3) is 5.91 Å². The van der Waals surface area contributed by atoms with E-state index in [2.05, 4.69) is 5.32 Å². The first-order valence-electron chi connectivity index (χ1n) is 17.3. The van der Waals surface area contributed by atoms with Gasteiger partial charge >= 0.3 is 0 Å². The molecule has 2 heterocycles. The number of amides is 1. The number of benzene rings is 5. The number of carbonyl (C=O) groups is 1. The third-order valence-electron chi connectivity index (χ3n) is 8.96. The molecule has 282 valence electrons. The fourth-order valence-corrected chi connectivity index (χ4v) is 6.06. The molecule has 55 heavy (non-hydrogen) atoms. The Morgan fingerprint density at radius 3 is 2.05 bits per heavy atom. The molecule has 0 spiro atoms. The minimum atomic E-state index is -1.90. The lowest BCUT2D eigenvalue weighted by Crippen LogP contribution is -2.62. The van der Waals surface area contributed by atoms with Crippen molar-refractivity contribution in [2.45, 2.75) is 43.9 Å². The van der Waals surface area contributed by atoms with E-state index in [1.165, 1.54) is 19.2 Å². The molecule has 1 aliphatic rings. The van der Waals surface area contributed by atoms with Crippen LogP contribution in [0.1, 0.15) is 11.1 Å². The molecular formula is C42H37NO12. The van der Waals surface area contributed by atoms with Gasteiger partial charge in [-0.1, -0.05) is 72.8 Å². The normalized spacial score (nSPS) is 19.4. The number of anilines is 1. The fraction of sp³-hybridized carbons (Fsp3) is 0.190. The van der Waals surface area contributed by atoms with Crippen molar-refractivity contribution in [3.63, 3.8) is 0 Å². The first-order valence-corrected chi connectivity index (χ1v) is 17.3. The molecule has 1 fully saturated rings. The summed E-state index contributed by atoms with van der Waals surface area (Å²) in [5, 5.41) is 46.5. The summed E-state index contributed by atoms with van der Waals surface area (Å²) in [5.74, 6) is -0.969. The Bertz CT molecular complexity index is 2310. The summed E-state index contributed by atoms with van der Waals surface area (Å²) < 4.78 is 35.1. The first-order chi connectivity index (χ1) is 26.7. The predicted molar refractivity (Wildman–Crippen MR) is 200 cm³/mol. The average Bonchev–Trinajstić information content (AvgIpc) is 3.21. The Hall–Kier alpha value is -6.38. The molecule has 0 saturated carbocycles. The molecule has 1 aromatic heterocycles. The number of hydrogen-bond donors (Lipinski definition) is 5. The van der Waals surface area contributed by atoms with E-state index in [1.54, 1.807) is 72.8 Å². The van der Waals surface area contributed by atoms with Gasteiger partial charge in [0.1, 0.15) is 59.8 Å². The van der Waals surface area contributed by atoms with E-state index in [1.807, 2.05) is 36.4 Å². The van der Waals surface area contributed by atoms with E-state index >= 15 is 0 Å². The monoisotopic (exact) mass is 747 g/mol. The summed E-state index contributed by atoms with van der Waals surface area (Å²) in [5.41, 5.74) is 1.81. The Morgan fingerprint density at radius 2 is 1.38 bits per heavy atom.